The van der Waals surface area contributed by atoms with Gasteiger partial charge in [0.15, 0.2) is 0 Å². The minimum absolute atomic E-state index is 0.0158. The molecule has 27 heavy (non-hydrogen) atoms. The Morgan fingerprint density at radius 3 is 2.63 bits per heavy atom. The fourth-order valence-corrected chi connectivity index (χ4v) is 3.88. The van der Waals surface area contributed by atoms with Gasteiger partial charge in [0.1, 0.15) is 0 Å². The van der Waals surface area contributed by atoms with Gasteiger partial charge >= 0.3 is 0 Å². The number of piperidine rings is 1. The van der Waals surface area contributed by atoms with Gasteiger partial charge in [-0.25, -0.2) is 0 Å². The summed E-state index contributed by atoms with van der Waals surface area (Å²) in [7, 11) is 0. The molecule has 0 spiro atoms. The van der Waals surface area contributed by atoms with Crippen LogP contribution in [-0.2, 0) is 13.1 Å². The number of H-pyrrole nitrogens is 1. The zero-order chi connectivity index (χ0) is 18.6. The Morgan fingerprint density at radius 2 is 1.85 bits per heavy atom. The number of hydrogen-bond donors (Lipinski definition) is 2. The van der Waals surface area contributed by atoms with Crippen LogP contribution in [0.5, 0.6) is 0 Å². The van der Waals surface area contributed by atoms with Gasteiger partial charge in [-0.1, -0.05) is 42.5 Å². The van der Waals surface area contributed by atoms with Crippen LogP contribution >= 0.6 is 0 Å². The molecule has 1 saturated heterocycles. The maximum Gasteiger partial charge on any atom is 0.252 e. The Hall–Kier alpha value is -2.43. The molecule has 4 nitrogen and oxygen atoms in total. The molecule has 0 saturated carbocycles. The SMILES string of the molecule is Cc1ccc2cc(CNC3CCN(Cc4ccccc4)CC3)c(=O)[nH]c2c1. The number of benzene rings is 2. The summed E-state index contributed by atoms with van der Waals surface area (Å²) in [4.78, 5) is 17.9. The first-order chi connectivity index (χ1) is 13.2. The Balaban J connectivity index is 1.32. The number of nitrogens with zero attached hydrogens (tertiary/aromatic N) is 1. The summed E-state index contributed by atoms with van der Waals surface area (Å²) >= 11 is 0. The minimum atomic E-state index is 0.0158. The first-order valence-electron chi connectivity index (χ1n) is 9.79. The second kappa shape index (κ2) is 8.07. The fourth-order valence-electron chi connectivity index (χ4n) is 3.88. The van der Waals surface area contributed by atoms with E-state index in [2.05, 4.69) is 57.7 Å². The summed E-state index contributed by atoms with van der Waals surface area (Å²) in [6.07, 6.45) is 2.25. The molecular weight excluding hydrogens is 334 g/mol. The first-order valence-corrected chi connectivity index (χ1v) is 9.79. The molecule has 0 unspecified atom stereocenters. The lowest BCUT2D eigenvalue weighted by molar-refractivity contribution is 0.190. The van der Waals surface area contributed by atoms with Gasteiger partial charge in [0, 0.05) is 30.2 Å². The van der Waals surface area contributed by atoms with Gasteiger partial charge in [0.05, 0.1) is 0 Å². The highest BCUT2D eigenvalue weighted by Gasteiger charge is 2.19. The highest BCUT2D eigenvalue weighted by molar-refractivity contribution is 5.79. The topological polar surface area (TPSA) is 48.1 Å². The summed E-state index contributed by atoms with van der Waals surface area (Å²) in [6.45, 7) is 5.89. The number of pyridine rings is 1. The molecule has 0 bridgehead atoms. The van der Waals surface area contributed by atoms with E-state index in [1.165, 1.54) is 5.56 Å². The molecule has 3 aromatic rings. The lowest BCUT2D eigenvalue weighted by atomic mass is 10.0. The summed E-state index contributed by atoms with van der Waals surface area (Å²) < 4.78 is 0. The molecule has 4 heteroatoms. The van der Waals surface area contributed by atoms with Crippen molar-refractivity contribution in [3.63, 3.8) is 0 Å². The first kappa shape index (κ1) is 18.0. The van der Waals surface area contributed by atoms with E-state index in [0.29, 0.717) is 12.6 Å². The fraction of sp³-hybridized carbons (Fsp3) is 0.348. The number of likely N-dealkylation sites (tertiary alicyclic amines) is 1. The van der Waals surface area contributed by atoms with Crippen molar-refractivity contribution in [3.8, 4) is 0 Å². The van der Waals surface area contributed by atoms with Gasteiger partial charge in [-0.3, -0.25) is 9.69 Å². The van der Waals surface area contributed by atoms with Crippen molar-refractivity contribution in [2.24, 2.45) is 0 Å². The molecule has 2 N–H and O–H groups in total. The maximum absolute atomic E-state index is 12.4. The molecular formula is C23H27N3O. The number of nitrogens with one attached hydrogen (secondary N) is 2. The van der Waals surface area contributed by atoms with Crippen molar-refractivity contribution in [1.82, 2.24) is 15.2 Å². The van der Waals surface area contributed by atoms with E-state index < -0.39 is 0 Å². The zero-order valence-corrected chi connectivity index (χ0v) is 15.9. The Morgan fingerprint density at radius 1 is 1.07 bits per heavy atom. The molecule has 0 aliphatic carbocycles. The van der Waals surface area contributed by atoms with Crippen molar-refractivity contribution >= 4 is 10.9 Å². The molecule has 1 aliphatic heterocycles. The molecule has 0 amide bonds. The second-order valence-corrected chi connectivity index (χ2v) is 7.63. The lowest BCUT2D eigenvalue weighted by Gasteiger charge is -2.32. The van der Waals surface area contributed by atoms with Gasteiger partial charge in [-0.15, -0.1) is 0 Å². The Labute approximate surface area is 160 Å². The van der Waals surface area contributed by atoms with Crippen molar-refractivity contribution in [2.45, 2.75) is 38.9 Å². The average Bonchev–Trinajstić information content (AvgIpc) is 2.68. The van der Waals surface area contributed by atoms with Crippen LogP contribution < -0.4 is 10.9 Å². The lowest BCUT2D eigenvalue weighted by Crippen LogP contribution is -2.42. The normalized spacial score (nSPS) is 16.0. The highest BCUT2D eigenvalue weighted by Crippen LogP contribution is 2.16. The highest BCUT2D eigenvalue weighted by atomic mass is 16.1. The van der Waals surface area contributed by atoms with E-state index in [0.717, 1.165) is 54.5 Å². The second-order valence-electron chi connectivity index (χ2n) is 7.63. The molecule has 0 radical (unpaired) electrons. The number of rotatable bonds is 5. The molecule has 1 aliphatic rings. The van der Waals surface area contributed by atoms with Crippen LogP contribution in [0.3, 0.4) is 0 Å². The van der Waals surface area contributed by atoms with E-state index >= 15 is 0 Å². The summed E-state index contributed by atoms with van der Waals surface area (Å²) in [5, 5.41) is 4.68. The molecule has 0 atom stereocenters. The third-order valence-electron chi connectivity index (χ3n) is 5.50. The standard InChI is InChI=1S/C23H27N3O/c1-17-7-8-19-14-20(23(27)25-22(19)13-17)15-24-21-9-11-26(12-10-21)16-18-5-3-2-4-6-18/h2-8,13-14,21,24H,9-12,15-16H2,1H3,(H,25,27). The van der Waals surface area contributed by atoms with E-state index in [4.69, 9.17) is 0 Å². The zero-order valence-electron chi connectivity index (χ0n) is 15.9. The van der Waals surface area contributed by atoms with Gasteiger partial charge in [0.2, 0.25) is 0 Å². The number of hydrogen-bond acceptors (Lipinski definition) is 3. The van der Waals surface area contributed by atoms with Crippen LogP contribution in [0, 0.1) is 6.92 Å². The predicted molar refractivity (Wildman–Crippen MR) is 111 cm³/mol. The molecule has 1 fully saturated rings. The van der Waals surface area contributed by atoms with Crippen molar-refractivity contribution in [3.05, 3.63) is 81.6 Å². The summed E-state index contributed by atoms with van der Waals surface area (Å²) in [6, 6.07) is 19.3. The van der Waals surface area contributed by atoms with Gasteiger partial charge in [0.25, 0.3) is 5.56 Å². The summed E-state index contributed by atoms with van der Waals surface area (Å²) in [5.41, 5.74) is 4.28. The number of aromatic nitrogens is 1. The van der Waals surface area contributed by atoms with Crippen LogP contribution in [0.25, 0.3) is 10.9 Å². The van der Waals surface area contributed by atoms with Crippen LogP contribution in [0.1, 0.15) is 29.5 Å². The van der Waals surface area contributed by atoms with Crippen LogP contribution in [0.4, 0.5) is 0 Å². The van der Waals surface area contributed by atoms with Crippen LogP contribution in [-0.4, -0.2) is 29.0 Å². The number of aryl methyl sites for hydroxylation is 1. The van der Waals surface area contributed by atoms with Crippen LogP contribution in [0.2, 0.25) is 0 Å². The largest absolute Gasteiger partial charge is 0.322 e. The number of fused-ring (bicyclic) bond motifs is 1. The minimum Gasteiger partial charge on any atom is -0.322 e. The summed E-state index contributed by atoms with van der Waals surface area (Å²) in [5.74, 6) is 0. The quantitative estimate of drug-likeness (QED) is 0.730. The van der Waals surface area contributed by atoms with Crippen molar-refractivity contribution in [2.75, 3.05) is 13.1 Å². The van der Waals surface area contributed by atoms with Gasteiger partial charge < -0.3 is 10.3 Å². The van der Waals surface area contributed by atoms with E-state index in [9.17, 15) is 4.79 Å². The maximum atomic E-state index is 12.4. The molecule has 2 heterocycles. The van der Waals surface area contributed by atoms with E-state index in [1.807, 2.05) is 19.1 Å². The molecule has 4 rings (SSSR count). The van der Waals surface area contributed by atoms with Crippen molar-refractivity contribution < 1.29 is 0 Å². The average molecular weight is 361 g/mol. The van der Waals surface area contributed by atoms with Gasteiger partial charge in [-0.05, 0) is 61.5 Å². The van der Waals surface area contributed by atoms with E-state index in [1.54, 1.807) is 0 Å². The van der Waals surface area contributed by atoms with Crippen molar-refractivity contribution in [1.29, 1.82) is 0 Å². The molecule has 2 aromatic carbocycles. The van der Waals surface area contributed by atoms with E-state index in [-0.39, 0.29) is 5.56 Å². The van der Waals surface area contributed by atoms with Gasteiger partial charge in [-0.2, -0.15) is 0 Å². The number of aromatic amines is 1. The smallest absolute Gasteiger partial charge is 0.252 e. The Kier molecular flexibility index (Phi) is 5.37. The predicted octanol–water partition coefficient (Wildman–Crippen LogP) is 3.59. The third-order valence-corrected chi connectivity index (χ3v) is 5.50. The molecule has 1 aromatic heterocycles. The Bertz CT molecular complexity index is 956. The van der Waals surface area contributed by atoms with Crippen LogP contribution in [0.15, 0.2) is 59.4 Å². The third kappa shape index (κ3) is 4.46. The monoisotopic (exact) mass is 361 g/mol. The molecule has 140 valence electrons.